The Hall–Kier alpha value is -3.55. The lowest BCUT2D eigenvalue weighted by molar-refractivity contribution is 0.181. The molecule has 0 amide bonds. The van der Waals surface area contributed by atoms with Crippen LogP contribution in [0.3, 0.4) is 0 Å². The fourth-order valence-corrected chi connectivity index (χ4v) is 6.17. The van der Waals surface area contributed by atoms with Crippen molar-refractivity contribution in [3.05, 3.63) is 70.7 Å². The molecule has 5 rings (SSSR count). The summed E-state index contributed by atoms with van der Waals surface area (Å²) in [5, 5.41) is 14.5. The zero-order valence-electron chi connectivity index (χ0n) is 22.2. The minimum absolute atomic E-state index is 0.109. The molecule has 0 radical (unpaired) electrons. The number of nitrogens with one attached hydrogen (secondary N) is 1. The van der Waals surface area contributed by atoms with Crippen molar-refractivity contribution in [3.63, 3.8) is 0 Å². The maximum atomic E-state index is 13.8. The second-order valence-electron chi connectivity index (χ2n) is 10.3. The highest BCUT2D eigenvalue weighted by Crippen LogP contribution is 2.50. The molecule has 3 heterocycles. The molecule has 194 valence electrons. The summed E-state index contributed by atoms with van der Waals surface area (Å²) >= 11 is 0. The highest BCUT2D eigenvalue weighted by atomic mass is 16.1. The zero-order chi connectivity index (χ0) is 25.8. The van der Waals surface area contributed by atoms with E-state index < -0.39 is 0 Å². The maximum absolute atomic E-state index is 13.8. The molecule has 8 heteroatoms. The summed E-state index contributed by atoms with van der Waals surface area (Å²) in [5.41, 5.74) is 5.19. The van der Waals surface area contributed by atoms with Gasteiger partial charge in [0.1, 0.15) is 0 Å². The van der Waals surface area contributed by atoms with Crippen molar-refractivity contribution in [1.82, 2.24) is 34.7 Å². The van der Waals surface area contributed by atoms with E-state index in [1.165, 1.54) is 12.8 Å². The van der Waals surface area contributed by atoms with Gasteiger partial charge >= 0.3 is 5.69 Å². The number of tetrazole rings is 1. The van der Waals surface area contributed by atoms with E-state index in [1.807, 2.05) is 41.1 Å². The van der Waals surface area contributed by atoms with Gasteiger partial charge in [-0.15, -0.1) is 10.2 Å². The molecule has 1 saturated carbocycles. The van der Waals surface area contributed by atoms with Crippen molar-refractivity contribution in [2.24, 2.45) is 5.41 Å². The Bertz CT molecular complexity index is 1360. The van der Waals surface area contributed by atoms with Gasteiger partial charge in [-0.1, -0.05) is 63.9 Å². The first kappa shape index (κ1) is 25.1. The monoisotopic (exact) mass is 499 g/mol. The number of unbranched alkanes of at least 4 members (excludes halogenated alkanes) is 1. The smallest absolute Gasteiger partial charge is 0.295 e. The van der Waals surface area contributed by atoms with Crippen LogP contribution in [0.25, 0.3) is 22.5 Å². The molecule has 4 aromatic rings. The summed E-state index contributed by atoms with van der Waals surface area (Å²) in [6, 6.07) is 12.3. The summed E-state index contributed by atoms with van der Waals surface area (Å²) in [6.45, 7) is 7.24. The first-order valence-corrected chi connectivity index (χ1v) is 13.7. The van der Waals surface area contributed by atoms with Gasteiger partial charge in [0.15, 0.2) is 0 Å². The highest BCUT2D eigenvalue weighted by molar-refractivity contribution is 5.79. The van der Waals surface area contributed by atoms with Gasteiger partial charge in [0.25, 0.3) is 0 Å². The van der Waals surface area contributed by atoms with Crippen LogP contribution in [-0.4, -0.2) is 34.7 Å². The van der Waals surface area contributed by atoms with Crippen LogP contribution in [0.15, 0.2) is 53.6 Å². The third-order valence-corrected chi connectivity index (χ3v) is 8.45. The van der Waals surface area contributed by atoms with Gasteiger partial charge in [-0.3, -0.25) is 14.1 Å². The number of H-pyrrole nitrogens is 1. The largest absolute Gasteiger partial charge is 0.328 e. The Kier molecular flexibility index (Phi) is 7.35. The maximum Gasteiger partial charge on any atom is 0.328 e. The minimum Gasteiger partial charge on any atom is -0.295 e. The lowest BCUT2D eigenvalue weighted by Gasteiger charge is -2.34. The molecule has 0 saturated heterocycles. The molecule has 37 heavy (non-hydrogen) atoms. The summed E-state index contributed by atoms with van der Waals surface area (Å²) in [7, 11) is 0. The second kappa shape index (κ2) is 10.8. The number of rotatable bonds is 10. The Labute approximate surface area is 218 Å². The number of aromatic nitrogens is 7. The van der Waals surface area contributed by atoms with Gasteiger partial charge in [0.2, 0.25) is 5.82 Å². The molecule has 1 atom stereocenters. The van der Waals surface area contributed by atoms with Crippen molar-refractivity contribution < 1.29 is 0 Å². The molecule has 8 nitrogen and oxygen atoms in total. The first-order chi connectivity index (χ1) is 18.1. The van der Waals surface area contributed by atoms with Gasteiger partial charge in [0.05, 0.1) is 12.2 Å². The predicted octanol–water partition coefficient (Wildman–Crippen LogP) is 5.81. The van der Waals surface area contributed by atoms with Crippen molar-refractivity contribution in [1.29, 1.82) is 0 Å². The van der Waals surface area contributed by atoms with Gasteiger partial charge in [0, 0.05) is 35.3 Å². The van der Waals surface area contributed by atoms with Crippen molar-refractivity contribution >= 4 is 0 Å². The molecule has 0 spiro atoms. The summed E-state index contributed by atoms with van der Waals surface area (Å²) < 4.78 is 4.03. The lowest BCUT2D eigenvalue weighted by atomic mass is 9.77. The third-order valence-electron chi connectivity index (χ3n) is 8.45. The normalized spacial score (nSPS) is 16.9. The second-order valence-corrected chi connectivity index (χ2v) is 10.3. The van der Waals surface area contributed by atoms with Gasteiger partial charge < -0.3 is 0 Å². The van der Waals surface area contributed by atoms with Crippen LogP contribution in [-0.2, 0) is 13.0 Å². The van der Waals surface area contributed by atoms with E-state index in [0.717, 1.165) is 66.6 Å². The number of benzene rings is 1. The molecular weight excluding hydrogens is 462 g/mol. The zero-order valence-corrected chi connectivity index (χ0v) is 22.2. The van der Waals surface area contributed by atoms with E-state index >= 15 is 0 Å². The molecule has 0 aliphatic heterocycles. The van der Waals surface area contributed by atoms with E-state index in [-0.39, 0.29) is 17.1 Å². The van der Waals surface area contributed by atoms with Gasteiger partial charge in [-0.25, -0.2) is 4.79 Å². The number of nitrogens with zero attached hydrogens (tertiary/aromatic N) is 6. The average molecular weight is 500 g/mol. The Morgan fingerprint density at radius 1 is 1.08 bits per heavy atom. The highest BCUT2D eigenvalue weighted by Gasteiger charge is 2.42. The number of aryl methyl sites for hydroxylation is 1. The Balaban J connectivity index is 1.45. The number of imidazole rings is 1. The quantitative estimate of drug-likeness (QED) is 0.297. The Morgan fingerprint density at radius 2 is 1.89 bits per heavy atom. The van der Waals surface area contributed by atoms with Crippen LogP contribution in [0, 0.1) is 5.41 Å². The molecule has 1 fully saturated rings. The Morgan fingerprint density at radius 3 is 2.57 bits per heavy atom. The van der Waals surface area contributed by atoms with Gasteiger partial charge in [-0.2, -0.15) is 5.21 Å². The van der Waals surface area contributed by atoms with Crippen molar-refractivity contribution in [2.75, 3.05) is 0 Å². The molecule has 3 aromatic heterocycles. The molecule has 1 N–H and O–H groups in total. The SMILES string of the molecule is CCCCc1cn(C2CCCC2(CC)CC)c(=O)n1Cc1ccc(-c2ccccc2-c2nn[nH]n2)cn1. The fourth-order valence-electron chi connectivity index (χ4n) is 6.17. The van der Waals surface area contributed by atoms with E-state index in [1.54, 1.807) is 0 Å². The van der Waals surface area contributed by atoms with Crippen LogP contribution in [0.4, 0.5) is 0 Å². The molecule has 1 aromatic carbocycles. The molecule has 1 aliphatic rings. The van der Waals surface area contributed by atoms with Crippen LogP contribution in [0.5, 0.6) is 0 Å². The van der Waals surface area contributed by atoms with E-state index in [9.17, 15) is 4.79 Å². The first-order valence-electron chi connectivity index (χ1n) is 13.7. The number of aromatic amines is 1. The molecular formula is C29H37N7O. The number of hydrogen-bond donors (Lipinski definition) is 1. The van der Waals surface area contributed by atoms with Crippen LogP contribution >= 0.6 is 0 Å². The van der Waals surface area contributed by atoms with E-state index in [0.29, 0.717) is 12.4 Å². The summed E-state index contributed by atoms with van der Waals surface area (Å²) in [6.07, 6.45) is 12.8. The van der Waals surface area contributed by atoms with Crippen molar-refractivity contribution in [3.8, 4) is 22.5 Å². The van der Waals surface area contributed by atoms with Crippen LogP contribution < -0.4 is 5.69 Å². The van der Waals surface area contributed by atoms with Crippen LogP contribution in [0.2, 0.25) is 0 Å². The lowest BCUT2D eigenvalue weighted by Crippen LogP contribution is -2.34. The number of hydrogen-bond acceptors (Lipinski definition) is 5. The van der Waals surface area contributed by atoms with Crippen molar-refractivity contribution in [2.45, 2.75) is 84.7 Å². The van der Waals surface area contributed by atoms with E-state index in [4.69, 9.17) is 4.98 Å². The predicted molar refractivity (Wildman–Crippen MR) is 145 cm³/mol. The standard InChI is InChI=1S/C29H37N7O/c1-4-7-11-23-20-36(26-14-10-17-29(26,5-2)6-3)28(37)35(23)19-22-16-15-21(18-30-22)24-12-8-9-13-25(24)27-31-33-34-32-27/h8-9,12-13,15-16,18,20,26H,4-7,10-11,14,17,19H2,1-3H3,(H,31,32,33,34). The van der Waals surface area contributed by atoms with E-state index in [2.05, 4.69) is 58.2 Å². The molecule has 1 unspecified atom stereocenters. The molecule has 1 aliphatic carbocycles. The minimum atomic E-state index is 0.109. The topological polar surface area (TPSA) is 94.3 Å². The third kappa shape index (κ3) is 4.77. The molecule has 0 bridgehead atoms. The number of pyridine rings is 1. The fraction of sp³-hybridized carbons (Fsp3) is 0.483. The van der Waals surface area contributed by atoms with Crippen LogP contribution in [0.1, 0.15) is 83.1 Å². The average Bonchev–Trinajstić information content (AvgIpc) is 3.68. The summed E-state index contributed by atoms with van der Waals surface area (Å²) in [4.78, 5) is 18.6. The van der Waals surface area contributed by atoms with Gasteiger partial charge in [-0.05, 0) is 60.8 Å². The summed E-state index contributed by atoms with van der Waals surface area (Å²) in [5.74, 6) is 0.551.